The fourth-order valence-electron chi connectivity index (χ4n) is 3.63. The minimum atomic E-state index is -0.190. The van der Waals surface area contributed by atoms with Crippen LogP contribution in [0.1, 0.15) is 28.2 Å². The fourth-order valence-corrected chi connectivity index (χ4v) is 3.85. The van der Waals surface area contributed by atoms with Crippen LogP contribution < -0.4 is 10.3 Å². The number of carbonyl (C=O) groups is 1. The van der Waals surface area contributed by atoms with E-state index in [0.29, 0.717) is 52.9 Å². The van der Waals surface area contributed by atoms with Gasteiger partial charge in [-0.3, -0.25) is 9.59 Å². The lowest BCUT2D eigenvalue weighted by Gasteiger charge is -2.18. The van der Waals surface area contributed by atoms with Gasteiger partial charge < -0.3 is 18.7 Å². The number of benzene rings is 1. The summed E-state index contributed by atoms with van der Waals surface area (Å²) in [5.41, 5.74) is 2.19. The highest BCUT2D eigenvalue weighted by atomic mass is 35.5. The van der Waals surface area contributed by atoms with Crippen molar-refractivity contribution in [1.29, 1.82) is 0 Å². The Labute approximate surface area is 178 Å². The molecule has 156 valence electrons. The number of aryl methyl sites for hydroxylation is 2. The van der Waals surface area contributed by atoms with Crippen LogP contribution in [0.5, 0.6) is 5.75 Å². The van der Waals surface area contributed by atoms with Gasteiger partial charge in [-0.05, 0) is 26.0 Å². The summed E-state index contributed by atoms with van der Waals surface area (Å²) in [5, 5.41) is 4.58. The summed E-state index contributed by atoms with van der Waals surface area (Å²) in [4.78, 5) is 27.0. The van der Waals surface area contributed by atoms with Crippen molar-refractivity contribution in [2.75, 3.05) is 13.1 Å². The first-order chi connectivity index (χ1) is 14.3. The fraction of sp³-hybridized carbons (Fsp3) is 0.318. The first-order valence-electron chi connectivity index (χ1n) is 9.70. The Morgan fingerprint density at radius 1 is 1.27 bits per heavy atom. The van der Waals surface area contributed by atoms with E-state index in [-0.39, 0.29) is 17.6 Å². The largest absolute Gasteiger partial charge is 0.488 e. The third kappa shape index (κ3) is 3.73. The molecule has 0 spiro atoms. The number of ether oxygens (including phenoxy) is 1. The van der Waals surface area contributed by atoms with Crippen molar-refractivity contribution >= 4 is 17.5 Å². The van der Waals surface area contributed by atoms with Gasteiger partial charge in [0, 0.05) is 37.3 Å². The van der Waals surface area contributed by atoms with Crippen LogP contribution in [0.4, 0.5) is 0 Å². The Morgan fingerprint density at radius 2 is 2.03 bits per heavy atom. The zero-order valence-electron chi connectivity index (χ0n) is 17.0. The average Bonchev–Trinajstić information content (AvgIpc) is 3.33. The summed E-state index contributed by atoms with van der Waals surface area (Å²) in [5.74, 6) is 0.796. The standard InChI is InChI=1S/C22H22ClN3O4/c1-13-10-16(11-19(27)25(13)3)29-15-8-9-26(12-15)22(28)20-14(2)30-24-21(20)17-6-4-5-7-18(17)23/h4-7,10-11,15H,8-9,12H2,1-3H3. The highest BCUT2D eigenvalue weighted by Gasteiger charge is 2.33. The molecule has 1 unspecified atom stereocenters. The summed E-state index contributed by atoms with van der Waals surface area (Å²) in [6.07, 6.45) is 0.482. The lowest BCUT2D eigenvalue weighted by Crippen LogP contribution is -2.31. The van der Waals surface area contributed by atoms with E-state index in [9.17, 15) is 9.59 Å². The molecule has 1 aliphatic heterocycles. The maximum atomic E-state index is 13.3. The highest BCUT2D eigenvalue weighted by Crippen LogP contribution is 2.32. The van der Waals surface area contributed by atoms with Crippen LogP contribution in [0.3, 0.4) is 0 Å². The Bertz CT molecular complexity index is 1170. The van der Waals surface area contributed by atoms with Gasteiger partial charge in [0.25, 0.3) is 11.5 Å². The molecule has 0 radical (unpaired) electrons. The number of halogens is 1. The number of likely N-dealkylation sites (tertiary alicyclic amines) is 1. The molecule has 1 fully saturated rings. The quantitative estimate of drug-likeness (QED) is 0.635. The first kappa shape index (κ1) is 20.2. The Balaban J connectivity index is 1.53. The molecule has 0 N–H and O–H groups in total. The molecule has 0 bridgehead atoms. The van der Waals surface area contributed by atoms with Crippen molar-refractivity contribution in [3.63, 3.8) is 0 Å². The van der Waals surface area contributed by atoms with Crippen molar-refractivity contribution in [3.8, 4) is 17.0 Å². The predicted molar refractivity (Wildman–Crippen MR) is 113 cm³/mol. The van der Waals surface area contributed by atoms with Crippen LogP contribution in [-0.2, 0) is 7.05 Å². The Kier molecular flexibility index (Phi) is 5.39. The predicted octanol–water partition coefficient (Wildman–Crippen LogP) is 3.60. The number of amides is 1. The van der Waals surface area contributed by atoms with Gasteiger partial charge in [-0.2, -0.15) is 0 Å². The molecule has 3 aromatic rings. The number of carbonyl (C=O) groups excluding carboxylic acids is 1. The molecule has 0 saturated carbocycles. The lowest BCUT2D eigenvalue weighted by molar-refractivity contribution is 0.0771. The van der Waals surface area contributed by atoms with E-state index >= 15 is 0 Å². The molecule has 3 heterocycles. The van der Waals surface area contributed by atoms with Crippen molar-refractivity contribution in [1.82, 2.24) is 14.6 Å². The molecule has 1 aliphatic rings. The van der Waals surface area contributed by atoms with Gasteiger partial charge in [0.05, 0.1) is 11.6 Å². The molecule has 2 aromatic heterocycles. The third-order valence-electron chi connectivity index (χ3n) is 5.42. The topological polar surface area (TPSA) is 77.6 Å². The van der Waals surface area contributed by atoms with E-state index in [4.69, 9.17) is 20.9 Å². The number of aromatic nitrogens is 2. The molecule has 1 atom stereocenters. The van der Waals surface area contributed by atoms with Crippen molar-refractivity contribution in [3.05, 3.63) is 68.8 Å². The second kappa shape index (κ2) is 7.99. The minimum Gasteiger partial charge on any atom is -0.488 e. The SMILES string of the molecule is Cc1onc(-c2ccccc2Cl)c1C(=O)N1CCC(Oc2cc(C)n(C)c(=O)c2)C1. The molecule has 1 saturated heterocycles. The van der Waals surface area contributed by atoms with Gasteiger partial charge in [-0.1, -0.05) is 35.0 Å². The van der Waals surface area contributed by atoms with Crippen LogP contribution in [0.15, 0.2) is 45.7 Å². The monoisotopic (exact) mass is 427 g/mol. The highest BCUT2D eigenvalue weighted by molar-refractivity contribution is 6.33. The average molecular weight is 428 g/mol. The molecule has 8 heteroatoms. The first-order valence-corrected chi connectivity index (χ1v) is 10.1. The van der Waals surface area contributed by atoms with E-state index in [1.807, 2.05) is 31.2 Å². The zero-order chi connectivity index (χ0) is 21.4. The molecule has 0 aliphatic carbocycles. The summed E-state index contributed by atoms with van der Waals surface area (Å²) in [7, 11) is 1.72. The second-order valence-electron chi connectivity index (χ2n) is 7.45. The molecule has 1 aromatic carbocycles. The number of rotatable bonds is 4. The van der Waals surface area contributed by atoms with Crippen LogP contribution in [0.2, 0.25) is 5.02 Å². The summed E-state index contributed by atoms with van der Waals surface area (Å²) >= 11 is 6.30. The molecular formula is C22H22ClN3O4. The minimum absolute atomic E-state index is 0.125. The molecule has 1 amide bonds. The zero-order valence-corrected chi connectivity index (χ0v) is 17.8. The smallest absolute Gasteiger partial charge is 0.259 e. The van der Waals surface area contributed by atoms with E-state index in [1.54, 1.807) is 29.5 Å². The van der Waals surface area contributed by atoms with Crippen LogP contribution in [-0.4, -0.2) is 39.7 Å². The van der Waals surface area contributed by atoms with Crippen molar-refractivity contribution in [2.24, 2.45) is 7.05 Å². The Hall–Kier alpha value is -3.06. The van der Waals surface area contributed by atoms with E-state index in [1.165, 1.54) is 6.07 Å². The molecule has 7 nitrogen and oxygen atoms in total. The van der Waals surface area contributed by atoms with Gasteiger partial charge >= 0.3 is 0 Å². The molecule has 30 heavy (non-hydrogen) atoms. The van der Waals surface area contributed by atoms with Crippen LogP contribution >= 0.6 is 11.6 Å². The number of hydrogen-bond donors (Lipinski definition) is 0. The number of nitrogens with zero attached hydrogens (tertiary/aromatic N) is 3. The van der Waals surface area contributed by atoms with Gasteiger partial charge in [0.15, 0.2) is 0 Å². The molecule has 4 rings (SSSR count). The van der Waals surface area contributed by atoms with Crippen LogP contribution in [0.25, 0.3) is 11.3 Å². The number of pyridine rings is 1. The maximum absolute atomic E-state index is 13.3. The van der Waals surface area contributed by atoms with E-state index in [2.05, 4.69) is 5.16 Å². The van der Waals surface area contributed by atoms with Gasteiger partial charge in [-0.25, -0.2) is 0 Å². The van der Waals surface area contributed by atoms with Crippen LogP contribution in [0, 0.1) is 13.8 Å². The summed E-state index contributed by atoms with van der Waals surface area (Å²) < 4.78 is 12.9. The van der Waals surface area contributed by atoms with E-state index < -0.39 is 0 Å². The molecular weight excluding hydrogens is 406 g/mol. The summed E-state index contributed by atoms with van der Waals surface area (Å²) in [6.45, 7) is 4.52. The van der Waals surface area contributed by atoms with Crippen molar-refractivity contribution < 1.29 is 14.1 Å². The lowest BCUT2D eigenvalue weighted by atomic mass is 10.1. The van der Waals surface area contributed by atoms with E-state index in [0.717, 1.165) is 5.69 Å². The second-order valence-corrected chi connectivity index (χ2v) is 7.86. The maximum Gasteiger partial charge on any atom is 0.259 e. The summed E-state index contributed by atoms with van der Waals surface area (Å²) in [6, 6.07) is 10.5. The third-order valence-corrected chi connectivity index (χ3v) is 5.75. The normalized spacial score (nSPS) is 16.1. The van der Waals surface area contributed by atoms with Gasteiger partial charge in [0.2, 0.25) is 0 Å². The number of hydrogen-bond acceptors (Lipinski definition) is 5. The van der Waals surface area contributed by atoms with Crippen molar-refractivity contribution in [2.45, 2.75) is 26.4 Å². The van der Waals surface area contributed by atoms with Gasteiger partial charge in [-0.15, -0.1) is 0 Å². The van der Waals surface area contributed by atoms with Gasteiger partial charge in [0.1, 0.15) is 28.9 Å². The Morgan fingerprint density at radius 3 is 2.77 bits per heavy atom.